The highest BCUT2D eigenvalue weighted by Crippen LogP contribution is 2.47. The lowest BCUT2D eigenvalue weighted by Gasteiger charge is -2.46. The molecule has 2 saturated heterocycles. The molecule has 3 aromatic rings. The van der Waals surface area contributed by atoms with Gasteiger partial charge in [-0.3, -0.25) is 0 Å². The van der Waals surface area contributed by atoms with Gasteiger partial charge in [-0.15, -0.1) is 0 Å². The molecule has 3 atom stereocenters. The van der Waals surface area contributed by atoms with Crippen molar-refractivity contribution < 1.29 is 19.1 Å². The Morgan fingerprint density at radius 2 is 2.05 bits per heavy atom. The van der Waals surface area contributed by atoms with Crippen LogP contribution in [0.3, 0.4) is 0 Å². The van der Waals surface area contributed by atoms with Crippen molar-refractivity contribution >= 4 is 17.7 Å². The number of rotatable bonds is 6. The Morgan fingerprint density at radius 3 is 2.83 bits per heavy atom. The number of carbonyl (C=O) groups is 1. The van der Waals surface area contributed by atoms with Crippen molar-refractivity contribution in [3.05, 3.63) is 65.4 Å². The molecule has 2 aromatic carbocycles. The number of piperidine rings is 2. The Hall–Kier alpha value is -3.36. The van der Waals surface area contributed by atoms with Crippen molar-refractivity contribution in [3.8, 4) is 11.3 Å². The topological polar surface area (TPSA) is 91.1 Å². The highest BCUT2D eigenvalue weighted by Gasteiger charge is 2.46. The van der Waals surface area contributed by atoms with Crippen LogP contribution in [0.2, 0.25) is 0 Å². The molecule has 3 aliphatic rings. The van der Waals surface area contributed by atoms with Crippen molar-refractivity contribution in [2.75, 3.05) is 56.6 Å². The summed E-state index contributed by atoms with van der Waals surface area (Å²) < 4.78 is 10.9. The van der Waals surface area contributed by atoms with Gasteiger partial charge in [0.05, 0.1) is 25.0 Å². The second-order valence-electron chi connectivity index (χ2n) is 11.9. The highest BCUT2D eigenvalue weighted by atomic mass is 16.5. The first-order valence-corrected chi connectivity index (χ1v) is 14.5. The van der Waals surface area contributed by atoms with Crippen LogP contribution in [0, 0.1) is 18.8 Å². The molecule has 0 saturated carbocycles. The molecule has 0 amide bonds. The number of methoxy groups -OCH3 is 1. The molecule has 212 valence electrons. The second-order valence-corrected chi connectivity index (χ2v) is 11.9. The van der Waals surface area contributed by atoms with Gasteiger partial charge in [-0.25, -0.2) is 9.78 Å². The van der Waals surface area contributed by atoms with E-state index in [2.05, 4.69) is 52.1 Å². The summed E-state index contributed by atoms with van der Waals surface area (Å²) in [6, 6.07) is 14.6. The number of aromatic nitrogens is 1. The van der Waals surface area contributed by atoms with Gasteiger partial charge in [-0.1, -0.05) is 31.2 Å². The van der Waals surface area contributed by atoms with Gasteiger partial charge < -0.3 is 29.4 Å². The van der Waals surface area contributed by atoms with E-state index in [1.54, 1.807) is 18.3 Å². The Morgan fingerprint density at radius 1 is 1.23 bits per heavy atom. The molecule has 0 unspecified atom stereocenters. The largest absolute Gasteiger partial charge is 0.465 e. The number of esters is 1. The van der Waals surface area contributed by atoms with E-state index in [0.29, 0.717) is 23.3 Å². The van der Waals surface area contributed by atoms with Crippen LogP contribution in [-0.4, -0.2) is 73.4 Å². The summed E-state index contributed by atoms with van der Waals surface area (Å²) >= 11 is 0. The fourth-order valence-corrected chi connectivity index (χ4v) is 7.02. The van der Waals surface area contributed by atoms with E-state index in [0.717, 1.165) is 64.1 Å². The van der Waals surface area contributed by atoms with Crippen molar-refractivity contribution in [1.29, 1.82) is 0 Å². The molecule has 1 spiro atoms. The Balaban J connectivity index is 1.02. The minimum absolute atomic E-state index is 0.200. The number of hydrogen-bond donors (Lipinski definition) is 2. The maximum absolute atomic E-state index is 11.9. The molecule has 0 aliphatic carbocycles. The smallest absolute Gasteiger partial charge is 0.337 e. The Labute approximate surface area is 236 Å². The van der Waals surface area contributed by atoms with Gasteiger partial charge in [0.25, 0.3) is 6.01 Å². The number of hydrogen-bond acceptors (Lipinski definition) is 8. The molecule has 1 aromatic heterocycles. The zero-order valence-corrected chi connectivity index (χ0v) is 23.7. The predicted molar refractivity (Wildman–Crippen MR) is 156 cm³/mol. The molecule has 2 N–H and O–H groups in total. The quantitative estimate of drug-likeness (QED) is 0.431. The van der Waals surface area contributed by atoms with Crippen LogP contribution in [0.25, 0.3) is 11.3 Å². The van der Waals surface area contributed by atoms with Gasteiger partial charge in [0.1, 0.15) is 0 Å². The predicted octanol–water partition coefficient (Wildman–Crippen LogP) is 4.72. The van der Waals surface area contributed by atoms with E-state index >= 15 is 0 Å². The Bertz CT molecular complexity index is 1360. The van der Waals surface area contributed by atoms with E-state index < -0.39 is 0 Å². The molecule has 4 heterocycles. The number of anilines is 2. The number of nitrogens with one attached hydrogen (secondary N) is 1. The number of carbonyl (C=O) groups excluding carboxylic acids is 1. The van der Waals surface area contributed by atoms with Crippen LogP contribution >= 0.6 is 0 Å². The molecule has 3 aliphatic heterocycles. The van der Waals surface area contributed by atoms with Crippen LogP contribution in [0.4, 0.5) is 11.7 Å². The third-order valence-corrected chi connectivity index (χ3v) is 9.52. The zero-order chi connectivity index (χ0) is 27.9. The molecule has 8 heteroatoms. The van der Waals surface area contributed by atoms with Gasteiger partial charge in [-0.2, -0.15) is 0 Å². The Kier molecular flexibility index (Phi) is 7.31. The zero-order valence-electron chi connectivity index (χ0n) is 23.7. The molecule has 40 heavy (non-hydrogen) atoms. The third-order valence-electron chi connectivity index (χ3n) is 9.52. The van der Waals surface area contributed by atoms with E-state index in [4.69, 9.17) is 9.15 Å². The number of fused-ring (bicyclic) bond motifs is 2. The number of aliphatic hydroxyl groups excluding tert-OH is 1. The molecule has 0 bridgehead atoms. The number of aryl methyl sites for hydroxylation is 1. The molecule has 6 rings (SSSR count). The van der Waals surface area contributed by atoms with E-state index in [9.17, 15) is 9.90 Å². The van der Waals surface area contributed by atoms with Crippen LogP contribution in [-0.2, 0) is 10.2 Å². The van der Waals surface area contributed by atoms with Crippen LogP contribution < -0.4 is 10.2 Å². The van der Waals surface area contributed by atoms with Crippen molar-refractivity contribution in [3.63, 3.8) is 0 Å². The van der Waals surface area contributed by atoms with E-state index in [1.807, 2.05) is 12.1 Å². The number of oxazole rings is 1. The summed E-state index contributed by atoms with van der Waals surface area (Å²) in [4.78, 5) is 21.0. The molecule has 8 nitrogen and oxygen atoms in total. The van der Waals surface area contributed by atoms with Gasteiger partial charge in [-0.05, 0) is 73.9 Å². The van der Waals surface area contributed by atoms with Gasteiger partial charge in [0.15, 0.2) is 5.76 Å². The van der Waals surface area contributed by atoms with Crippen molar-refractivity contribution in [1.82, 2.24) is 9.88 Å². The number of aliphatic hydroxyl groups is 1. The minimum atomic E-state index is -0.378. The maximum Gasteiger partial charge on any atom is 0.337 e. The average molecular weight is 545 g/mol. The number of benzene rings is 2. The summed E-state index contributed by atoms with van der Waals surface area (Å²) in [6.07, 6.45) is 4.30. The maximum atomic E-state index is 11.9. The molecular formula is C32H40N4O4. The number of β-amino-alcohol motifs (C(OH)–C–C–N with tert-alkyl or cyclic N) is 1. The van der Waals surface area contributed by atoms with Crippen molar-refractivity contribution in [2.24, 2.45) is 11.8 Å². The van der Waals surface area contributed by atoms with Crippen LogP contribution in [0.15, 0.2) is 53.1 Å². The molecular weight excluding hydrogens is 504 g/mol. The monoisotopic (exact) mass is 544 g/mol. The minimum Gasteiger partial charge on any atom is -0.465 e. The fourth-order valence-electron chi connectivity index (χ4n) is 7.02. The van der Waals surface area contributed by atoms with Gasteiger partial charge >= 0.3 is 5.97 Å². The molecule has 0 radical (unpaired) electrons. The average Bonchev–Trinajstić information content (AvgIpc) is 3.61. The van der Waals surface area contributed by atoms with Crippen LogP contribution in [0.5, 0.6) is 0 Å². The van der Waals surface area contributed by atoms with Crippen LogP contribution in [0.1, 0.15) is 47.7 Å². The van der Waals surface area contributed by atoms with Gasteiger partial charge in [0, 0.05) is 49.4 Å². The first-order chi connectivity index (χ1) is 19.4. The lowest BCUT2D eigenvalue weighted by molar-refractivity contribution is 0.0242. The van der Waals surface area contributed by atoms with E-state index in [-0.39, 0.29) is 23.4 Å². The summed E-state index contributed by atoms with van der Waals surface area (Å²) in [5, 5.41) is 14.9. The first-order valence-electron chi connectivity index (χ1n) is 14.5. The lowest BCUT2D eigenvalue weighted by atomic mass is 9.67. The first kappa shape index (κ1) is 26.8. The van der Waals surface area contributed by atoms with E-state index in [1.165, 1.54) is 23.9 Å². The highest BCUT2D eigenvalue weighted by molar-refractivity contribution is 5.90. The van der Waals surface area contributed by atoms with Gasteiger partial charge in [0.2, 0.25) is 0 Å². The summed E-state index contributed by atoms with van der Waals surface area (Å²) in [6.45, 7) is 9.91. The SMILES string of the molecule is COC(=O)c1cccc(-c2cnc(N3CCC([C@H](O)CN4CC[C@]5(CNc6cc(C)ccc65)[C@H](C)C4)CC3)o2)c1. The summed E-state index contributed by atoms with van der Waals surface area (Å²) in [7, 11) is 1.37. The lowest BCUT2D eigenvalue weighted by Crippen LogP contribution is -2.52. The summed E-state index contributed by atoms with van der Waals surface area (Å²) in [5.41, 5.74) is 5.55. The standard InChI is InChI=1S/C32H40N4O4/c1-21-7-8-26-27(15-21)34-20-32(26)11-14-35(18-22(32)2)19-28(37)23-9-12-36(13-10-23)31-33-17-29(40-31)24-5-4-6-25(16-24)30(38)39-3/h4-8,15-17,22-23,28,34,37H,9-14,18-20H2,1-3H3/t22-,28-,32+/m1/s1. The molecule has 2 fully saturated rings. The summed E-state index contributed by atoms with van der Waals surface area (Å²) in [5.74, 6) is 1.04. The number of nitrogens with zero attached hydrogens (tertiary/aromatic N) is 3. The number of ether oxygens (including phenoxy) is 1. The normalized spacial score (nSPS) is 24.1. The second kappa shape index (κ2) is 10.9. The third kappa shape index (κ3) is 4.99. The number of likely N-dealkylation sites (tertiary alicyclic amines) is 1. The fraction of sp³-hybridized carbons (Fsp3) is 0.500. The van der Waals surface area contributed by atoms with Crippen molar-refractivity contribution in [2.45, 2.75) is 44.6 Å².